The second kappa shape index (κ2) is 8.81. The molecule has 1 aromatic rings. The van der Waals surface area contributed by atoms with Crippen LogP contribution in [-0.2, 0) is 17.9 Å². The van der Waals surface area contributed by atoms with E-state index in [4.69, 9.17) is 4.74 Å². The lowest BCUT2D eigenvalue weighted by Gasteiger charge is -2.24. The lowest BCUT2D eigenvalue weighted by atomic mass is 9.83. The molecule has 0 saturated heterocycles. The average molecular weight is 340 g/mol. The van der Waals surface area contributed by atoms with E-state index in [-0.39, 0.29) is 0 Å². The van der Waals surface area contributed by atoms with Crippen LogP contribution in [0.4, 0.5) is 0 Å². The minimum atomic E-state index is 0.718. The smallest absolute Gasteiger partial charge is 0.0727 e. The van der Waals surface area contributed by atoms with Gasteiger partial charge in [-0.05, 0) is 42.5 Å². The molecule has 0 radical (unpaired) electrons. The van der Waals surface area contributed by atoms with Gasteiger partial charge in [-0.2, -0.15) is 0 Å². The molecule has 112 valence electrons. The summed E-state index contributed by atoms with van der Waals surface area (Å²) >= 11 is 3.65. The van der Waals surface area contributed by atoms with Crippen LogP contribution in [0.5, 0.6) is 0 Å². The highest BCUT2D eigenvalue weighted by atomic mass is 79.9. The number of nitrogens with one attached hydrogen (secondary N) is 1. The van der Waals surface area contributed by atoms with E-state index >= 15 is 0 Å². The van der Waals surface area contributed by atoms with Crippen LogP contribution in [0.1, 0.15) is 50.2 Å². The fourth-order valence-corrected chi connectivity index (χ4v) is 2.98. The van der Waals surface area contributed by atoms with Gasteiger partial charge in [0.1, 0.15) is 0 Å². The first kappa shape index (κ1) is 16.0. The lowest BCUT2D eigenvalue weighted by molar-refractivity contribution is 0.0946. The van der Waals surface area contributed by atoms with Gasteiger partial charge < -0.3 is 10.1 Å². The summed E-state index contributed by atoms with van der Waals surface area (Å²) in [5.41, 5.74) is 2.57. The van der Waals surface area contributed by atoms with Crippen molar-refractivity contribution in [1.29, 1.82) is 0 Å². The van der Waals surface area contributed by atoms with E-state index in [0.29, 0.717) is 0 Å². The van der Waals surface area contributed by atoms with Gasteiger partial charge in [-0.15, -0.1) is 0 Å². The van der Waals surface area contributed by atoms with Gasteiger partial charge in [-0.3, -0.25) is 0 Å². The Labute approximate surface area is 131 Å². The number of benzene rings is 1. The van der Waals surface area contributed by atoms with Crippen LogP contribution in [-0.4, -0.2) is 13.2 Å². The van der Waals surface area contributed by atoms with Gasteiger partial charge in [-0.25, -0.2) is 0 Å². The predicted molar refractivity (Wildman–Crippen MR) is 87.8 cm³/mol. The van der Waals surface area contributed by atoms with Crippen LogP contribution in [0.25, 0.3) is 0 Å². The molecule has 1 aliphatic carbocycles. The van der Waals surface area contributed by atoms with Crippen molar-refractivity contribution < 1.29 is 4.74 Å². The monoisotopic (exact) mass is 339 g/mol. The van der Waals surface area contributed by atoms with E-state index in [0.717, 1.165) is 36.7 Å². The van der Waals surface area contributed by atoms with Gasteiger partial charge in [0.25, 0.3) is 0 Å². The Morgan fingerprint density at radius 2 is 2.20 bits per heavy atom. The Balaban J connectivity index is 1.70. The number of hydrogen-bond acceptors (Lipinski definition) is 2. The second-order valence-electron chi connectivity index (χ2n) is 5.74. The highest BCUT2D eigenvalue weighted by Gasteiger charge is 2.16. The van der Waals surface area contributed by atoms with E-state index in [1.54, 1.807) is 0 Å². The third-order valence-corrected chi connectivity index (χ3v) is 4.76. The lowest BCUT2D eigenvalue weighted by Crippen LogP contribution is -2.14. The van der Waals surface area contributed by atoms with Crippen molar-refractivity contribution in [3.63, 3.8) is 0 Å². The zero-order valence-corrected chi connectivity index (χ0v) is 14.0. The van der Waals surface area contributed by atoms with Gasteiger partial charge in [0.2, 0.25) is 0 Å². The van der Waals surface area contributed by atoms with E-state index in [2.05, 4.69) is 46.4 Å². The van der Waals surface area contributed by atoms with E-state index in [1.165, 1.54) is 43.2 Å². The molecular formula is C17H26BrNO. The number of hydrogen-bond donors (Lipinski definition) is 1. The first-order valence-electron chi connectivity index (χ1n) is 7.85. The van der Waals surface area contributed by atoms with Crippen LogP contribution >= 0.6 is 15.9 Å². The van der Waals surface area contributed by atoms with Crippen molar-refractivity contribution in [3.05, 3.63) is 33.8 Å². The Hall–Kier alpha value is -0.380. The molecule has 20 heavy (non-hydrogen) atoms. The molecule has 2 rings (SSSR count). The summed E-state index contributed by atoms with van der Waals surface area (Å²) in [5.74, 6) is 0.936. The molecule has 1 saturated carbocycles. The van der Waals surface area contributed by atoms with Crippen molar-refractivity contribution in [3.8, 4) is 0 Å². The summed E-state index contributed by atoms with van der Waals surface area (Å²) in [6, 6.07) is 6.57. The Morgan fingerprint density at radius 1 is 1.35 bits per heavy atom. The predicted octanol–water partition coefficient (Wildman–Crippen LogP) is 4.66. The zero-order chi connectivity index (χ0) is 14.2. The molecule has 0 heterocycles. The van der Waals surface area contributed by atoms with E-state index in [9.17, 15) is 0 Å². The fourth-order valence-electron chi connectivity index (χ4n) is 2.44. The van der Waals surface area contributed by atoms with Crippen molar-refractivity contribution in [1.82, 2.24) is 5.32 Å². The first-order valence-corrected chi connectivity index (χ1v) is 8.64. The maximum Gasteiger partial charge on any atom is 0.0727 e. The second-order valence-corrected chi connectivity index (χ2v) is 6.60. The Kier molecular flexibility index (Phi) is 7.05. The molecular weight excluding hydrogens is 314 g/mol. The molecule has 0 amide bonds. The molecule has 1 aromatic carbocycles. The maximum atomic E-state index is 5.80. The van der Waals surface area contributed by atoms with Crippen LogP contribution in [0, 0.1) is 5.92 Å². The third-order valence-electron chi connectivity index (χ3n) is 4.03. The summed E-state index contributed by atoms with van der Waals surface area (Å²) in [4.78, 5) is 0. The molecule has 1 N–H and O–H groups in total. The van der Waals surface area contributed by atoms with Crippen LogP contribution in [0.3, 0.4) is 0 Å². The van der Waals surface area contributed by atoms with Crippen molar-refractivity contribution in [2.45, 2.75) is 52.2 Å². The summed E-state index contributed by atoms with van der Waals surface area (Å²) < 4.78 is 6.96. The molecule has 3 heteroatoms. The van der Waals surface area contributed by atoms with Crippen molar-refractivity contribution >= 4 is 15.9 Å². The highest BCUT2D eigenvalue weighted by molar-refractivity contribution is 9.10. The van der Waals surface area contributed by atoms with Crippen LogP contribution in [0.2, 0.25) is 0 Å². The molecule has 0 aliphatic heterocycles. The van der Waals surface area contributed by atoms with Gasteiger partial charge >= 0.3 is 0 Å². The fraction of sp³-hybridized carbons (Fsp3) is 0.647. The Morgan fingerprint density at radius 3 is 2.85 bits per heavy atom. The number of rotatable bonds is 9. The minimum Gasteiger partial charge on any atom is -0.377 e. The summed E-state index contributed by atoms with van der Waals surface area (Å²) in [5, 5.41) is 3.42. The van der Waals surface area contributed by atoms with Crippen LogP contribution < -0.4 is 5.32 Å². The minimum absolute atomic E-state index is 0.718. The van der Waals surface area contributed by atoms with Gasteiger partial charge in [0.15, 0.2) is 0 Å². The van der Waals surface area contributed by atoms with E-state index < -0.39 is 0 Å². The van der Waals surface area contributed by atoms with Gasteiger partial charge in [0, 0.05) is 17.6 Å². The molecule has 0 unspecified atom stereocenters. The topological polar surface area (TPSA) is 21.3 Å². The highest BCUT2D eigenvalue weighted by Crippen LogP contribution is 2.29. The zero-order valence-electron chi connectivity index (χ0n) is 12.5. The molecule has 0 bridgehead atoms. The SMILES string of the molecule is CCCNCc1ccc(COCCC2CCC2)c(Br)c1. The largest absolute Gasteiger partial charge is 0.377 e. The standard InChI is InChI=1S/C17H26BrNO/c1-2-9-19-12-15-6-7-16(17(18)11-15)13-20-10-8-14-4-3-5-14/h6-7,11,14,19H,2-5,8-10,12-13H2,1H3. The summed E-state index contributed by atoms with van der Waals surface area (Å²) in [7, 11) is 0. The summed E-state index contributed by atoms with van der Waals surface area (Å²) in [6.07, 6.45) is 6.65. The van der Waals surface area contributed by atoms with Crippen LogP contribution in [0.15, 0.2) is 22.7 Å². The number of ether oxygens (including phenoxy) is 1. The Bertz CT molecular complexity index is 404. The molecule has 2 nitrogen and oxygen atoms in total. The normalized spacial score (nSPS) is 15.3. The van der Waals surface area contributed by atoms with Crippen molar-refractivity contribution in [2.75, 3.05) is 13.2 Å². The molecule has 1 fully saturated rings. The average Bonchev–Trinajstić information content (AvgIpc) is 2.39. The molecule has 0 aromatic heterocycles. The third kappa shape index (κ3) is 5.19. The van der Waals surface area contributed by atoms with Crippen molar-refractivity contribution in [2.24, 2.45) is 5.92 Å². The van der Waals surface area contributed by atoms with E-state index in [1.807, 2.05) is 0 Å². The molecule has 1 aliphatic rings. The molecule has 0 atom stereocenters. The first-order chi connectivity index (χ1) is 9.79. The number of halogens is 1. The van der Waals surface area contributed by atoms with Gasteiger partial charge in [-0.1, -0.05) is 54.2 Å². The maximum absolute atomic E-state index is 5.80. The summed E-state index contributed by atoms with van der Waals surface area (Å²) in [6.45, 7) is 5.82. The molecule has 0 spiro atoms. The van der Waals surface area contributed by atoms with Gasteiger partial charge in [0.05, 0.1) is 6.61 Å². The quantitative estimate of drug-likeness (QED) is 0.661.